The van der Waals surface area contributed by atoms with Crippen molar-refractivity contribution in [3.63, 3.8) is 0 Å². The minimum absolute atomic E-state index is 0.660. The number of aliphatic hydroxyl groups is 1. The van der Waals surface area contributed by atoms with E-state index in [1.54, 1.807) is 0 Å². The molecule has 1 N–H and O–H groups in total. The van der Waals surface area contributed by atoms with Crippen LogP contribution in [0.3, 0.4) is 0 Å². The van der Waals surface area contributed by atoms with Crippen LogP contribution in [0.5, 0.6) is 0 Å². The third-order valence-corrected chi connectivity index (χ3v) is 4.23. The summed E-state index contributed by atoms with van der Waals surface area (Å²) >= 11 is 0. The summed E-state index contributed by atoms with van der Waals surface area (Å²) in [5.41, 5.74) is 2.87. The smallest absolute Gasteiger partial charge is 0.150 e. The Kier molecular flexibility index (Phi) is 2.39. The molecule has 0 bridgehead atoms. The number of benzene rings is 2. The zero-order chi connectivity index (χ0) is 14.6. The van der Waals surface area contributed by atoms with Gasteiger partial charge in [-0.3, -0.25) is 0 Å². The maximum absolute atomic E-state index is 11.0. The van der Waals surface area contributed by atoms with Gasteiger partial charge in [-0.05, 0) is 31.5 Å². The van der Waals surface area contributed by atoms with Crippen molar-refractivity contribution in [3.05, 3.63) is 65.9 Å². The first-order valence-electron chi connectivity index (χ1n) is 7.07. The Bertz CT molecular complexity index is 887. The number of rotatable bonds is 0. The molecule has 3 nitrogen and oxygen atoms in total. The second-order valence-electron chi connectivity index (χ2n) is 5.72. The lowest BCUT2D eigenvalue weighted by molar-refractivity contribution is 0.134. The van der Waals surface area contributed by atoms with E-state index in [2.05, 4.69) is 24.0 Å². The van der Waals surface area contributed by atoms with Crippen LogP contribution in [-0.4, -0.2) is 15.5 Å². The first-order chi connectivity index (χ1) is 10.1. The molecule has 1 aliphatic heterocycles. The molecule has 0 aliphatic carbocycles. The predicted molar refractivity (Wildman–Crippen MR) is 85.2 cm³/mol. The molecule has 0 saturated heterocycles. The van der Waals surface area contributed by atoms with Crippen molar-refractivity contribution in [3.8, 4) is 0 Å². The van der Waals surface area contributed by atoms with Crippen molar-refractivity contribution in [2.75, 3.05) is 0 Å². The maximum atomic E-state index is 11.0. The molecule has 0 radical (unpaired) electrons. The average molecular weight is 276 g/mol. The minimum Gasteiger partial charge on any atom is -0.377 e. The van der Waals surface area contributed by atoms with Crippen molar-refractivity contribution in [1.29, 1.82) is 0 Å². The first-order valence-corrected chi connectivity index (χ1v) is 7.07. The highest BCUT2D eigenvalue weighted by molar-refractivity contribution is 6.05. The zero-order valence-electron chi connectivity index (χ0n) is 12.0. The van der Waals surface area contributed by atoms with E-state index in [4.69, 9.17) is 0 Å². The Morgan fingerprint density at radius 1 is 1.05 bits per heavy atom. The monoisotopic (exact) mass is 276 g/mol. The zero-order valence-corrected chi connectivity index (χ0v) is 12.0. The van der Waals surface area contributed by atoms with Gasteiger partial charge in [-0.25, -0.2) is 4.99 Å². The van der Waals surface area contributed by atoms with Crippen molar-refractivity contribution >= 4 is 22.4 Å². The van der Waals surface area contributed by atoms with Gasteiger partial charge in [0.25, 0.3) is 0 Å². The third-order valence-electron chi connectivity index (χ3n) is 4.23. The molecule has 0 spiro atoms. The van der Waals surface area contributed by atoms with Crippen LogP contribution < -0.4 is 0 Å². The molecule has 3 heteroatoms. The van der Waals surface area contributed by atoms with Crippen LogP contribution in [-0.2, 0) is 5.60 Å². The van der Waals surface area contributed by atoms with Gasteiger partial charge in [0.1, 0.15) is 11.4 Å². The highest BCUT2D eigenvalue weighted by atomic mass is 16.3. The highest BCUT2D eigenvalue weighted by Crippen LogP contribution is 2.39. The molecule has 4 rings (SSSR count). The summed E-state index contributed by atoms with van der Waals surface area (Å²) in [5.74, 6) is 0.660. The number of hydrogen-bond donors (Lipinski definition) is 1. The fourth-order valence-corrected chi connectivity index (χ4v) is 3.14. The van der Waals surface area contributed by atoms with Crippen LogP contribution in [0.25, 0.3) is 10.9 Å². The Morgan fingerprint density at radius 2 is 1.76 bits per heavy atom. The Hall–Kier alpha value is -2.39. The van der Waals surface area contributed by atoms with Gasteiger partial charge in [-0.15, -0.1) is 0 Å². The molecule has 0 fully saturated rings. The molecule has 21 heavy (non-hydrogen) atoms. The van der Waals surface area contributed by atoms with Gasteiger partial charge in [0, 0.05) is 17.1 Å². The summed E-state index contributed by atoms with van der Waals surface area (Å²) in [6.45, 7) is 3.89. The molecule has 1 atom stereocenters. The van der Waals surface area contributed by atoms with Gasteiger partial charge in [0.05, 0.1) is 11.2 Å². The summed E-state index contributed by atoms with van der Waals surface area (Å²) < 4.78 is 2.00. The number of hydrogen-bond acceptors (Lipinski definition) is 2. The van der Waals surface area contributed by atoms with E-state index in [0.717, 1.165) is 16.8 Å². The number of nitrogens with zero attached hydrogens (tertiary/aromatic N) is 2. The van der Waals surface area contributed by atoms with E-state index < -0.39 is 5.60 Å². The summed E-state index contributed by atoms with van der Waals surface area (Å²) in [6.07, 6.45) is 2.05. The van der Waals surface area contributed by atoms with Gasteiger partial charge in [0.2, 0.25) is 0 Å². The number of aromatic nitrogens is 1. The number of aliphatic imine (C=N–C) groups is 1. The second kappa shape index (κ2) is 4.06. The van der Waals surface area contributed by atoms with Crippen molar-refractivity contribution < 1.29 is 5.11 Å². The average Bonchev–Trinajstić information content (AvgIpc) is 2.95. The second-order valence-corrected chi connectivity index (χ2v) is 5.72. The summed E-state index contributed by atoms with van der Waals surface area (Å²) in [7, 11) is 0. The highest BCUT2D eigenvalue weighted by Gasteiger charge is 2.38. The number of aryl methyl sites for hydroxylation is 1. The Morgan fingerprint density at radius 3 is 2.57 bits per heavy atom. The molecule has 104 valence electrons. The van der Waals surface area contributed by atoms with Gasteiger partial charge >= 0.3 is 0 Å². The van der Waals surface area contributed by atoms with Crippen molar-refractivity contribution in [1.82, 2.24) is 4.57 Å². The summed E-state index contributed by atoms with van der Waals surface area (Å²) in [5, 5.41) is 12.2. The van der Waals surface area contributed by atoms with Crippen LogP contribution in [0, 0.1) is 6.92 Å². The maximum Gasteiger partial charge on any atom is 0.150 e. The van der Waals surface area contributed by atoms with E-state index >= 15 is 0 Å². The number of fused-ring (bicyclic) bond motifs is 2. The molecule has 0 unspecified atom stereocenters. The van der Waals surface area contributed by atoms with Crippen LogP contribution in [0.15, 0.2) is 59.7 Å². The van der Waals surface area contributed by atoms with Crippen LogP contribution >= 0.6 is 0 Å². The van der Waals surface area contributed by atoms with Gasteiger partial charge < -0.3 is 9.67 Å². The van der Waals surface area contributed by atoms with Crippen molar-refractivity contribution in [2.24, 2.45) is 4.99 Å². The SMILES string of the molecule is Cc1cn(C2=Nc3ccccc3[C@@]2(C)O)c2ccccc12. The normalized spacial score (nSPS) is 20.6. The fraction of sp³-hybridized carbons (Fsp3) is 0.167. The minimum atomic E-state index is -1.08. The van der Waals surface area contributed by atoms with E-state index in [-0.39, 0.29) is 0 Å². The molecule has 3 aromatic rings. The number of para-hydroxylation sites is 2. The molecular formula is C18H16N2O. The molecule has 1 aliphatic rings. The molecular weight excluding hydrogens is 260 g/mol. The third kappa shape index (κ3) is 1.61. The van der Waals surface area contributed by atoms with Crippen LogP contribution in [0.4, 0.5) is 5.69 Å². The lowest BCUT2D eigenvalue weighted by Crippen LogP contribution is -2.33. The van der Waals surface area contributed by atoms with E-state index in [0.29, 0.717) is 5.84 Å². The molecule has 1 aromatic heterocycles. The Labute approximate surface area is 123 Å². The van der Waals surface area contributed by atoms with Gasteiger partial charge in [-0.1, -0.05) is 36.4 Å². The fourth-order valence-electron chi connectivity index (χ4n) is 3.14. The molecule has 2 heterocycles. The van der Waals surface area contributed by atoms with E-state index in [9.17, 15) is 5.11 Å². The Balaban J connectivity index is 1.99. The van der Waals surface area contributed by atoms with Crippen LogP contribution in [0.2, 0.25) is 0 Å². The lowest BCUT2D eigenvalue weighted by Gasteiger charge is -2.22. The largest absolute Gasteiger partial charge is 0.377 e. The molecule has 0 saturated carbocycles. The molecule has 0 amide bonds. The topological polar surface area (TPSA) is 37.5 Å². The lowest BCUT2D eigenvalue weighted by atomic mass is 9.96. The molecule has 2 aromatic carbocycles. The summed E-state index contributed by atoms with van der Waals surface area (Å²) in [4.78, 5) is 4.67. The first kappa shape index (κ1) is 12.4. The van der Waals surface area contributed by atoms with Gasteiger partial charge in [0.15, 0.2) is 0 Å². The standard InChI is InChI=1S/C18H16N2O/c1-12-11-20(16-10-6-3-7-13(12)16)17-18(2,21)14-8-4-5-9-15(14)19-17/h3-11,21H,1-2H3/t18-/m1/s1. The van der Waals surface area contributed by atoms with Crippen molar-refractivity contribution in [2.45, 2.75) is 19.4 Å². The predicted octanol–water partition coefficient (Wildman–Crippen LogP) is 3.75. The quantitative estimate of drug-likeness (QED) is 0.667. The van der Waals surface area contributed by atoms with Gasteiger partial charge in [-0.2, -0.15) is 0 Å². The van der Waals surface area contributed by atoms with E-state index in [1.165, 1.54) is 10.9 Å². The van der Waals surface area contributed by atoms with Crippen LogP contribution in [0.1, 0.15) is 18.1 Å². The summed E-state index contributed by atoms with van der Waals surface area (Å²) in [6, 6.07) is 16.0. The van der Waals surface area contributed by atoms with E-state index in [1.807, 2.05) is 54.1 Å².